The van der Waals surface area contributed by atoms with Gasteiger partial charge in [-0.3, -0.25) is 4.90 Å². The Morgan fingerprint density at radius 2 is 2.00 bits per heavy atom. The zero-order valence-electron chi connectivity index (χ0n) is 16.6. The van der Waals surface area contributed by atoms with E-state index in [1.54, 1.807) is 7.11 Å². The number of hydrogen-bond acceptors (Lipinski definition) is 4. The van der Waals surface area contributed by atoms with E-state index in [4.69, 9.17) is 14.2 Å². The molecule has 1 aromatic carbocycles. The van der Waals surface area contributed by atoms with Crippen LogP contribution in [0.5, 0.6) is 11.5 Å². The second kappa shape index (κ2) is 8.92. The molecule has 0 aromatic heterocycles. The van der Waals surface area contributed by atoms with Crippen LogP contribution in [0.4, 0.5) is 0 Å². The van der Waals surface area contributed by atoms with Gasteiger partial charge in [0, 0.05) is 26.3 Å². The van der Waals surface area contributed by atoms with Crippen LogP contribution in [0.3, 0.4) is 0 Å². The summed E-state index contributed by atoms with van der Waals surface area (Å²) in [6.07, 6.45) is 7.15. The van der Waals surface area contributed by atoms with Crippen molar-refractivity contribution < 1.29 is 14.2 Å². The average Bonchev–Trinajstić information content (AvgIpc) is 2.63. The number of hydrogen-bond donors (Lipinski definition) is 0. The summed E-state index contributed by atoms with van der Waals surface area (Å²) >= 11 is 0. The molecule has 4 heteroatoms. The summed E-state index contributed by atoms with van der Waals surface area (Å²) in [6, 6.07) is 6.34. The molecule has 2 aliphatic heterocycles. The fourth-order valence-electron chi connectivity index (χ4n) is 4.14. The van der Waals surface area contributed by atoms with Gasteiger partial charge in [0.1, 0.15) is 6.61 Å². The van der Waals surface area contributed by atoms with Crippen LogP contribution in [0.2, 0.25) is 0 Å². The molecule has 0 N–H and O–H groups in total. The maximum absolute atomic E-state index is 5.84. The lowest BCUT2D eigenvalue weighted by Crippen LogP contribution is -2.45. The summed E-state index contributed by atoms with van der Waals surface area (Å²) < 4.78 is 17.0. The van der Waals surface area contributed by atoms with Gasteiger partial charge < -0.3 is 14.2 Å². The highest BCUT2D eigenvalue weighted by atomic mass is 16.5. The Labute approximate surface area is 158 Å². The van der Waals surface area contributed by atoms with Crippen LogP contribution in [-0.2, 0) is 11.3 Å². The second-order valence-electron chi connectivity index (χ2n) is 8.00. The minimum absolute atomic E-state index is 0.480. The summed E-state index contributed by atoms with van der Waals surface area (Å²) in [5.41, 5.74) is 3.03. The van der Waals surface area contributed by atoms with E-state index in [1.165, 1.54) is 49.9 Å². The third-order valence-corrected chi connectivity index (χ3v) is 5.66. The number of ether oxygens (including phenoxy) is 3. The molecule has 144 valence electrons. The molecule has 26 heavy (non-hydrogen) atoms. The molecule has 2 heterocycles. The number of nitrogens with zero attached hydrogens (tertiary/aromatic N) is 1. The first kappa shape index (κ1) is 19.2. The molecule has 1 spiro atoms. The average molecular weight is 360 g/mol. The van der Waals surface area contributed by atoms with E-state index < -0.39 is 0 Å². The molecule has 4 nitrogen and oxygen atoms in total. The first-order valence-corrected chi connectivity index (χ1v) is 9.83. The van der Waals surface area contributed by atoms with Gasteiger partial charge in [-0.05, 0) is 75.3 Å². The Morgan fingerprint density at radius 1 is 1.19 bits per heavy atom. The lowest BCUT2D eigenvalue weighted by atomic mass is 9.74. The van der Waals surface area contributed by atoms with E-state index in [0.717, 1.165) is 31.3 Å². The Balaban J connectivity index is 1.63. The molecule has 2 fully saturated rings. The van der Waals surface area contributed by atoms with Gasteiger partial charge in [0.05, 0.1) is 7.11 Å². The van der Waals surface area contributed by atoms with Crippen LogP contribution < -0.4 is 9.47 Å². The molecule has 1 aromatic rings. The molecular weight excluding hydrogens is 326 g/mol. The van der Waals surface area contributed by atoms with Crippen molar-refractivity contribution in [3.05, 3.63) is 35.4 Å². The molecular formula is C22H33NO3. The monoisotopic (exact) mass is 359 g/mol. The van der Waals surface area contributed by atoms with E-state index in [2.05, 4.69) is 37.0 Å². The van der Waals surface area contributed by atoms with Crippen molar-refractivity contribution >= 4 is 0 Å². The van der Waals surface area contributed by atoms with E-state index in [9.17, 15) is 0 Å². The number of likely N-dealkylation sites (tertiary alicyclic amines) is 1. The molecule has 0 aliphatic carbocycles. The fourth-order valence-corrected chi connectivity index (χ4v) is 4.14. The van der Waals surface area contributed by atoms with Gasteiger partial charge in [-0.1, -0.05) is 11.6 Å². The van der Waals surface area contributed by atoms with E-state index >= 15 is 0 Å². The van der Waals surface area contributed by atoms with Crippen molar-refractivity contribution in [2.45, 2.75) is 46.1 Å². The van der Waals surface area contributed by atoms with Crippen LogP contribution in [0, 0.1) is 5.41 Å². The van der Waals surface area contributed by atoms with Crippen LogP contribution >= 0.6 is 0 Å². The molecule has 0 bridgehead atoms. The van der Waals surface area contributed by atoms with Gasteiger partial charge in [0.25, 0.3) is 0 Å². The third-order valence-electron chi connectivity index (χ3n) is 5.66. The quantitative estimate of drug-likeness (QED) is 0.703. The van der Waals surface area contributed by atoms with Crippen molar-refractivity contribution in [1.82, 2.24) is 4.90 Å². The highest BCUT2D eigenvalue weighted by Crippen LogP contribution is 2.39. The summed E-state index contributed by atoms with van der Waals surface area (Å²) in [7, 11) is 1.71. The van der Waals surface area contributed by atoms with Gasteiger partial charge in [0.15, 0.2) is 11.5 Å². The van der Waals surface area contributed by atoms with Gasteiger partial charge in [0.2, 0.25) is 0 Å². The summed E-state index contributed by atoms with van der Waals surface area (Å²) in [5, 5.41) is 0. The minimum Gasteiger partial charge on any atom is -0.493 e. The molecule has 0 unspecified atom stereocenters. The molecule has 0 atom stereocenters. The zero-order valence-corrected chi connectivity index (χ0v) is 16.6. The number of methoxy groups -OCH3 is 1. The predicted molar refractivity (Wildman–Crippen MR) is 105 cm³/mol. The molecule has 0 amide bonds. The van der Waals surface area contributed by atoms with Gasteiger partial charge in [-0.15, -0.1) is 0 Å². The number of rotatable bonds is 6. The first-order chi connectivity index (χ1) is 12.6. The maximum Gasteiger partial charge on any atom is 0.161 e. The Morgan fingerprint density at radius 3 is 2.73 bits per heavy atom. The van der Waals surface area contributed by atoms with E-state index in [-0.39, 0.29) is 0 Å². The van der Waals surface area contributed by atoms with Crippen LogP contribution in [0.25, 0.3) is 0 Å². The molecule has 2 aliphatic rings. The standard InChI is InChI=1S/C22H33NO3/c1-18(2)7-12-26-20-6-5-19(15-21(20)24-3)16-23-11-4-8-22(17-23)9-13-25-14-10-22/h5-7,15H,4,8-14,16-17H2,1-3H3. The SMILES string of the molecule is COc1cc(CN2CCCC3(CCOCC3)C2)ccc1OCC=C(C)C. The number of allylic oxidation sites excluding steroid dienone is 1. The Hall–Kier alpha value is -1.52. The summed E-state index contributed by atoms with van der Waals surface area (Å²) in [4.78, 5) is 2.60. The molecule has 2 saturated heterocycles. The highest BCUT2D eigenvalue weighted by Gasteiger charge is 2.36. The smallest absolute Gasteiger partial charge is 0.161 e. The molecule has 3 rings (SSSR count). The summed E-state index contributed by atoms with van der Waals surface area (Å²) in [5.74, 6) is 1.63. The van der Waals surface area contributed by atoms with Crippen molar-refractivity contribution in [3.8, 4) is 11.5 Å². The first-order valence-electron chi connectivity index (χ1n) is 9.83. The van der Waals surface area contributed by atoms with Crippen molar-refractivity contribution in [2.24, 2.45) is 5.41 Å². The minimum atomic E-state index is 0.480. The highest BCUT2D eigenvalue weighted by molar-refractivity contribution is 5.43. The lowest BCUT2D eigenvalue weighted by molar-refractivity contribution is -0.0291. The summed E-state index contributed by atoms with van der Waals surface area (Å²) in [6.45, 7) is 9.95. The van der Waals surface area contributed by atoms with Crippen molar-refractivity contribution in [2.75, 3.05) is 40.0 Å². The second-order valence-corrected chi connectivity index (χ2v) is 8.00. The van der Waals surface area contributed by atoms with Crippen LogP contribution in [0.1, 0.15) is 45.1 Å². The van der Waals surface area contributed by atoms with E-state index in [1.807, 2.05) is 6.07 Å². The Kier molecular flexibility index (Phi) is 6.60. The predicted octanol–water partition coefficient (Wildman–Crippen LogP) is 4.43. The largest absolute Gasteiger partial charge is 0.493 e. The van der Waals surface area contributed by atoms with Crippen LogP contribution in [-0.4, -0.2) is 44.9 Å². The van der Waals surface area contributed by atoms with E-state index in [0.29, 0.717) is 12.0 Å². The Bertz CT molecular complexity index is 610. The topological polar surface area (TPSA) is 30.9 Å². The number of piperidine rings is 1. The van der Waals surface area contributed by atoms with Gasteiger partial charge in [-0.25, -0.2) is 0 Å². The normalized spacial score (nSPS) is 20.0. The zero-order chi connectivity index (χ0) is 18.4. The maximum atomic E-state index is 5.84. The third kappa shape index (κ3) is 5.01. The van der Waals surface area contributed by atoms with Crippen molar-refractivity contribution in [3.63, 3.8) is 0 Å². The van der Waals surface area contributed by atoms with Crippen LogP contribution in [0.15, 0.2) is 29.8 Å². The molecule has 0 saturated carbocycles. The van der Waals surface area contributed by atoms with Gasteiger partial charge in [-0.2, -0.15) is 0 Å². The van der Waals surface area contributed by atoms with Crippen molar-refractivity contribution in [1.29, 1.82) is 0 Å². The fraction of sp³-hybridized carbons (Fsp3) is 0.636. The lowest BCUT2D eigenvalue weighted by Gasteiger charge is -2.45. The number of benzene rings is 1. The molecule has 0 radical (unpaired) electrons. The van der Waals surface area contributed by atoms with Gasteiger partial charge >= 0.3 is 0 Å².